The van der Waals surface area contributed by atoms with E-state index in [0.717, 1.165) is 28.3 Å². The molecule has 0 amide bonds. The number of anilines is 6. The minimum atomic E-state index is 1.14. The first-order chi connectivity index (χ1) is 24.4. The van der Waals surface area contributed by atoms with Crippen molar-refractivity contribution in [2.24, 2.45) is 0 Å². The first-order valence-electron chi connectivity index (χ1n) is 17.3. The second-order valence-electron chi connectivity index (χ2n) is 13.0. The molecule has 244 valence electrons. The van der Waals surface area contributed by atoms with Crippen molar-refractivity contribution in [3.05, 3.63) is 203 Å². The van der Waals surface area contributed by atoms with Gasteiger partial charge in [-0.3, -0.25) is 0 Å². The summed E-state index contributed by atoms with van der Waals surface area (Å²) in [4.78, 5) is 4.68. The smallest absolute Gasteiger partial charge is 0.0490 e. The Balaban J connectivity index is 1.09. The molecule has 50 heavy (non-hydrogen) atoms. The number of nitrogens with zero attached hydrogens (tertiary/aromatic N) is 2. The summed E-state index contributed by atoms with van der Waals surface area (Å²) in [5.41, 5.74) is 16.7. The van der Waals surface area contributed by atoms with Crippen molar-refractivity contribution in [2.75, 3.05) is 9.80 Å². The maximum absolute atomic E-state index is 2.34. The second-order valence-corrected chi connectivity index (χ2v) is 13.0. The SMILES string of the molecule is Cc1cccc(N(c2ccc(C=Cc3ccc(-c4ccc(N(c5cccc(C)c5)c5ccccc5C)cc4)cc3)cc2)c2ccccc2C)c1. The molecule has 0 heterocycles. The lowest BCUT2D eigenvalue weighted by Crippen LogP contribution is -2.11. The van der Waals surface area contributed by atoms with Crippen molar-refractivity contribution >= 4 is 46.3 Å². The largest absolute Gasteiger partial charge is 0.310 e. The lowest BCUT2D eigenvalue weighted by Gasteiger charge is -2.27. The average molecular weight is 647 g/mol. The van der Waals surface area contributed by atoms with Crippen LogP contribution >= 0.6 is 0 Å². The molecule has 0 aliphatic heterocycles. The van der Waals surface area contributed by atoms with Crippen LogP contribution in [0.2, 0.25) is 0 Å². The molecule has 7 aromatic carbocycles. The summed E-state index contributed by atoms with van der Waals surface area (Å²) in [6.45, 7) is 8.63. The minimum Gasteiger partial charge on any atom is -0.310 e. The van der Waals surface area contributed by atoms with E-state index in [2.05, 4.69) is 220 Å². The van der Waals surface area contributed by atoms with Crippen LogP contribution in [0.5, 0.6) is 0 Å². The lowest BCUT2D eigenvalue weighted by molar-refractivity contribution is 1.24. The van der Waals surface area contributed by atoms with Crippen LogP contribution in [0.3, 0.4) is 0 Å². The van der Waals surface area contributed by atoms with Crippen LogP contribution in [0, 0.1) is 27.7 Å². The molecular formula is C48H42N2. The highest BCUT2D eigenvalue weighted by Gasteiger charge is 2.16. The third-order valence-corrected chi connectivity index (χ3v) is 9.22. The number of benzene rings is 7. The van der Waals surface area contributed by atoms with Gasteiger partial charge in [-0.1, -0.05) is 121 Å². The maximum atomic E-state index is 2.34. The summed E-state index contributed by atoms with van der Waals surface area (Å²) in [5, 5.41) is 0. The number of rotatable bonds is 9. The molecule has 0 aliphatic rings. The fourth-order valence-electron chi connectivity index (χ4n) is 6.53. The molecule has 0 unspecified atom stereocenters. The van der Waals surface area contributed by atoms with Crippen molar-refractivity contribution in [2.45, 2.75) is 27.7 Å². The Hall–Kier alpha value is -6.12. The Morgan fingerprint density at radius 2 is 0.720 bits per heavy atom. The molecule has 7 aromatic rings. The van der Waals surface area contributed by atoms with Gasteiger partial charge in [0.15, 0.2) is 0 Å². The van der Waals surface area contributed by atoms with Gasteiger partial charge in [-0.2, -0.15) is 0 Å². The van der Waals surface area contributed by atoms with Crippen molar-refractivity contribution in [1.29, 1.82) is 0 Å². The van der Waals surface area contributed by atoms with Gasteiger partial charge in [-0.15, -0.1) is 0 Å². The highest BCUT2D eigenvalue weighted by molar-refractivity contribution is 5.82. The van der Waals surface area contributed by atoms with Crippen LogP contribution in [-0.4, -0.2) is 0 Å². The lowest BCUT2D eigenvalue weighted by atomic mass is 10.0. The van der Waals surface area contributed by atoms with Gasteiger partial charge in [0.1, 0.15) is 0 Å². The van der Waals surface area contributed by atoms with Crippen LogP contribution in [0.4, 0.5) is 34.1 Å². The van der Waals surface area contributed by atoms with E-state index in [4.69, 9.17) is 0 Å². The second kappa shape index (κ2) is 14.6. The average Bonchev–Trinajstić information content (AvgIpc) is 3.14. The van der Waals surface area contributed by atoms with Gasteiger partial charge in [0.2, 0.25) is 0 Å². The molecule has 2 nitrogen and oxygen atoms in total. The molecule has 2 heteroatoms. The zero-order chi connectivity index (χ0) is 34.5. The van der Waals surface area contributed by atoms with Crippen LogP contribution in [-0.2, 0) is 0 Å². The van der Waals surface area contributed by atoms with Crippen LogP contribution in [0.25, 0.3) is 23.3 Å². The first kappa shape index (κ1) is 32.4. The number of aryl methyl sites for hydroxylation is 4. The van der Waals surface area contributed by atoms with Crippen LogP contribution < -0.4 is 9.80 Å². The van der Waals surface area contributed by atoms with Gasteiger partial charge in [0, 0.05) is 34.1 Å². The third kappa shape index (κ3) is 7.16. The molecule has 0 spiro atoms. The molecule has 0 radical (unpaired) electrons. The number of hydrogen-bond acceptors (Lipinski definition) is 2. The quantitative estimate of drug-likeness (QED) is 0.144. The third-order valence-electron chi connectivity index (χ3n) is 9.22. The maximum Gasteiger partial charge on any atom is 0.0490 e. The predicted octanol–water partition coefficient (Wildman–Crippen LogP) is 13.7. The molecule has 7 rings (SSSR count). The van der Waals surface area contributed by atoms with Crippen LogP contribution in [0.15, 0.2) is 170 Å². The normalized spacial score (nSPS) is 11.1. The number of hydrogen-bond donors (Lipinski definition) is 0. The van der Waals surface area contributed by atoms with Gasteiger partial charge in [-0.25, -0.2) is 0 Å². The molecule has 0 fully saturated rings. The summed E-state index contributed by atoms with van der Waals surface area (Å²) in [7, 11) is 0. The van der Waals surface area contributed by atoms with E-state index in [9.17, 15) is 0 Å². The van der Waals surface area contributed by atoms with Crippen molar-refractivity contribution in [3.63, 3.8) is 0 Å². The van der Waals surface area contributed by atoms with Crippen LogP contribution in [0.1, 0.15) is 33.4 Å². The summed E-state index contributed by atoms with van der Waals surface area (Å²) in [6.07, 6.45) is 4.37. The van der Waals surface area contributed by atoms with Gasteiger partial charge < -0.3 is 9.80 Å². The Morgan fingerprint density at radius 1 is 0.340 bits per heavy atom. The summed E-state index contributed by atoms with van der Waals surface area (Å²) in [6, 6.07) is 61.0. The fourth-order valence-corrected chi connectivity index (χ4v) is 6.53. The summed E-state index contributed by atoms with van der Waals surface area (Å²) < 4.78 is 0. The molecule has 0 bridgehead atoms. The van der Waals surface area contributed by atoms with Gasteiger partial charge in [-0.05, 0) is 133 Å². The monoisotopic (exact) mass is 646 g/mol. The van der Waals surface area contributed by atoms with E-state index in [-0.39, 0.29) is 0 Å². The Kier molecular flexibility index (Phi) is 9.44. The zero-order valence-electron chi connectivity index (χ0n) is 29.2. The molecule has 0 saturated carbocycles. The standard InChI is InChI=1S/C48H42N2/c1-35-11-9-15-45(33-35)49(47-17-7-5-13-37(47)3)43-29-23-40(24-30-43)20-19-39-21-25-41(26-22-39)42-27-31-44(32-28-42)50(46-16-10-12-36(2)34-46)48-18-8-6-14-38(48)4/h5-34H,1-4H3. The highest BCUT2D eigenvalue weighted by Crippen LogP contribution is 2.39. The Bertz CT molecular complexity index is 2240. The Morgan fingerprint density at radius 3 is 1.14 bits per heavy atom. The topological polar surface area (TPSA) is 6.48 Å². The molecular weight excluding hydrogens is 605 g/mol. The number of para-hydroxylation sites is 2. The predicted molar refractivity (Wildman–Crippen MR) is 216 cm³/mol. The molecule has 0 atom stereocenters. The van der Waals surface area contributed by atoms with Gasteiger partial charge in [0.05, 0.1) is 0 Å². The van der Waals surface area contributed by atoms with E-state index in [0.29, 0.717) is 0 Å². The molecule has 0 N–H and O–H groups in total. The van der Waals surface area contributed by atoms with Crippen molar-refractivity contribution in [1.82, 2.24) is 0 Å². The van der Waals surface area contributed by atoms with Gasteiger partial charge >= 0.3 is 0 Å². The van der Waals surface area contributed by atoms with E-state index in [1.54, 1.807) is 0 Å². The summed E-state index contributed by atoms with van der Waals surface area (Å²) >= 11 is 0. The Labute approximate surface area is 297 Å². The zero-order valence-corrected chi connectivity index (χ0v) is 29.2. The van der Waals surface area contributed by atoms with Gasteiger partial charge in [0.25, 0.3) is 0 Å². The fraction of sp³-hybridized carbons (Fsp3) is 0.0833. The van der Waals surface area contributed by atoms with E-state index in [1.165, 1.54) is 50.3 Å². The van der Waals surface area contributed by atoms with E-state index >= 15 is 0 Å². The van der Waals surface area contributed by atoms with E-state index in [1.807, 2.05) is 0 Å². The van der Waals surface area contributed by atoms with Crippen molar-refractivity contribution in [3.8, 4) is 11.1 Å². The summed E-state index contributed by atoms with van der Waals surface area (Å²) in [5.74, 6) is 0. The molecule has 0 saturated heterocycles. The minimum absolute atomic E-state index is 1.14. The molecule has 0 aromatic heterocycles. The van der Waals surface area contributed by atoms with Crippen molar-refractivity contribution < 1.29 is 0 Å². The first-order valence-corrected chi connectivity index (χ1v) is 17.3. The highest BCUT2D eigenvalue weighted by atomic mass is 15.1. The van der Waals surface area contributed by atoms with E-state index < -0.39 is 0 Å². The molecule has 0 aliphatic carbocycles.